The van der Waals surface area contributed by atoms with E-state index in [1.807, 2.05) is 77.4 Å². The van der Waals surface area contributed by atoms with Gasteiger partial charge in [-0.25, -0.2) is 0 Å². The smallest absolute Gasteiger partial charge is 0.323 e. The molecule has 3 aromatic carbocycles. The third kappa shape index (κ3) is 4.45. The molecular formula is C27H24N2O5. The first-order valence-electron chi connectivity index (χ1n) is 11.2. The number of para-hydroxylation sites is 2. The molecule has 2 heterocycles. The Morgan fingerprint density at radius 2 is 1.65 bits per heavy atom. The number of benzene rings is 3. The second kappa shape index (κ2) is 9.70. The summed E-state index contributed by atoms with van der Waals surface area (Å²) in [4.78, 5) is 11.4. The van der Waals surface area contributed by atoms with E-state index in [1.165, 1.54) is 0 Å². The van der Waals surface area contributed by atoms with Crippen molar-refractivity contribution in [3.63, 3.8) is 0 Å². The Bertz CT molecular complexity index is 1420. The maximum atomic E-state index is 11.4. The SMILES string of the molecule is O=C(O)Cn1c2ccccc2c2ccc(OCCCCOc3ccccc3-c3ccno3)cc21. The standard InChI is InChI=1S/C27H24N2O5/c30-27(31)18-29-23-9-3-1-7-20(23)21-12-11-19(17-24(21)29)32-15-5-6-16-33-25-10-4-2-8-22(25)26-13-14-28-34-26/h1-4,7-14,17H,5-6,15-16,18H2,(H,30,31). The van der Waals surface area contributed by atoms with Gasteiger partial charge in [0.15, 0.2) is 5.76 Å². The number of carbonyl (C=O) groups is 1. The topological polar surface area (TPSA) is 86.7 Å². The molecule has 0 bridgehead atoms. The number of fused-ring (bicyclic) bond motifs is 3. The molecule has 5 aromatic rings. The van der Waals surface area contributed by atoms with E-state index in [0.717, 1.165) is 51.7 Å². The van der Waals surface area contributed by atoms with Crippen molar-refractivity contribution in [1.82, 2.24) is 9.72 Å². The number of carboxylic acid groups (broad SMARTS) is 1. The van der Waals surface area contributed by atoms with Gasteiger partial charge in [-0.05, 0) is 43.2 Å². The van der Waals surface area contributed by atoms with E-state index in [1.54, 1.807) is 6.20 Å². The number of ether oxygens (including phenoxy) is 2. The maximum Gasteiger partial charge on any atom is 0.323 e. The van der Waals surface area contributed by atoms with Crippen molar-refractivity contribution < 1.29 is 23.9 Å². The van der Waals surface area contributed by atoms with Gasteiger partial charge in [-0.3, -0.25) is 4.79 Å². The van der Waals surface area contributed by atoms with Crippen LogP contribution in [0.5, 0.6) is 11.5 Å². The van der Waals surface area contributed by atoms with Gasteiger partial charge < -0.3 is 23.7 Å². The predicted molar refractivity (Wildman–Crippen MR) is 129 cm³/mol. The zero-order valence-electron chi connectivity index (χ0n) is 18.5. The number of nitrogens with zero attached hydrogens (tertiary/aromatic N) is 2. The van der Waals surface area contributed by atoms with Crippen LogP contribution in [-0.4, -0.2) is 34.0 Å². The molecule has 0 spiro atoms. The minimum atomic E-state index is -0.876. The number of rotatable bonds is 10. The van der Waals surface area contributed by atoms with Crippen LogP contribution >= 0.6 is 0 Å². The summed E-state index contributed by atoms with van der Waals surface area (Å²) in [6, 6.07) is 23.2. The number of aliphatic carboxylic acids is 1. The fourth-order valence-corrected chi connectivity index (χ4v) is 4.15. The number of hydrogen-bond donors (Lipinski definition) is 1. The van der Waals surface area contributed by atoms with Crippen LogP contribution in [0.3, 0.4) is 0 Å². The van der Waals surface area contributed by atoms with Crippen LogP contribution in [0.2, 0.25) is 0 Å². The molecule has 0 unspecified atom stereocenters. The number of aromatic nitrogens is 2. The van der Waals surface area contributed by atoms with Gasteiger partial charge in [-0.15, -0.1) is 0 Å². The molecule has 5 rings (SSSR count). The Morgan fingerprint density at radius 3 is 2.47 bits per heavy atom. The van der Waals surface area contributed by atoms with Crippen LogP contribution in [0.25, 0.3) is 33.1 Å². The summed E-state index contributed by atoms with van der Waals surface area (Å²) in [7, 11) is 0. The van der Waals surface area contributed by atoms with Crippen molar-refractivity contribution in [3.05, 3.63) is 79.0 Å². The Balaban J connectivity index is 1.20. The highest BCUT2D eigenvalue weighted by Gasteiger charge is 2.13. The minimum Gasteiger partial charge on any atom is -0.494 e. The zero-order valence-corrected chi connectivity index (χ0v) is 18.5. The lowest BCUT2D eigenvalue weighted by molar-refractivity contribution is -0.137. The number of unbranched alkanes of at least 4 members (excludes halogenated alkanes) is 1. The summed E-state index contributed by atoms with van der Waals surface area (Å²) in [5.41, 5.74) is 2.63. The van der Waals surface area contributed by atoms with Crippen LogP contribution in [0.15, 0.2) is 83.5 Å². The van der Waals surface area contributed by atoms with Crippen molar-refractivity contribution in [2.45, 2.75) is 19.4 Å². The van der Waals surface area contributed by atoms with Crippen molar-refractivity contribution in [2.75, 3.05) is 13.2 Å². The van der Waals surface area contributed by atoms with E-state index in [0.29, 0.717) is 19.0 Å². The minimum absolute atomic E-state index is 0.0969. The molecule has 0 atom stereocenters. The Hall–Kier alpha value is -4.26. The lowest BCUT2D eigenvalue weighted by Gasteiger charge is -2.10. The Labute approximate surface area is 196 Å². The molecule has 172 valence electrons. The first-order valence-corrected chi connectivity index (χ1v) is 11.2. The third-order valence-corrected chi connectivity index (χ3v) is 5.69. The molecule has 0 saturated heterocycles. The molecule has 0 aliphatic carbocycles. The van der Waals surface area contributed by atoms with Crippen molar-refractivity contribution in [2.24, 2.45) is 0 Å². The predicted octanol–water partition coefficient (Wildman–Crippen LogP) is 5.77. The van der Waals surface area contributed by atoms with Gasteiger partial charge in [-0.1, -0.05) is 35.5 Å². The fraction of sp³-hybridized carbons (Fsp3) is 0.185. The van der Waals surface area contributed by atoms with E-state index >= 15 is 0 Å². The van der Waals surface area contributed by atoms with Crippen molar-refractivity contribution in [1.29, 1.82) is 0 Å². The van der Waals surface area contributed by atoms with Gasteiger partial charge in [0.05, 0.1) is 30.5 Å². The Kier molecular flexibility index (Phi) is 6.16. The first kappa shape index (κ1) is 21.6. The summed E-state index contributed by atoms with van der Waals surface area (Å²) in [5.74, 6) is 1.28. The molecule has 0 aliphatic heterocycles. The lowest BCUT2D eigenvalue weighted by atomic mass is 10.1. The molecule has 7 heteroatoms. The van der Waals surface area contributed by atoms with Gasteiger partial charge in [0.1, 0.15) is 18.0 Å². The van der Waals surface area contributed by atoms with Gasteiger partial charge in [0.25, 0.3) is 0 Å². The van der Waals surface area contributed by atoms with Crippen LogP contribution in [0.1, 0.15) is 12.8 Å². The molecule has 0 radical (unpaired) electrons. The summed E-state index contributed by atoms with van der Waals surface area (Å²) in [6.07, 6.45) is 3.26. The maximum absolute atomic E-state index is 11.4. The first-order chi connectivity index (χ1) is 16.7. The van der Waals surface area contributed by atoms with Gasteiger partial charge in [-0.2, -0.15) is 0 Å². The normalized spacial score (nSPS) is 11.2. The van der Waals surface area contributed by atoms with E-state index in [-0.39, 0.29) is 6.54 Å². The molecular weight excluding hydrogens is 432 g/mol. The highest BCUT2D eigenvalue weighted by Crippen LogP contribution is 2.32. The molecule has 34 heavy (non-hydrogen) atoms. The van der Waals surface area contributed by atoms with Gasteiger partial charge >= 0.3 is 5.97 Å². The van der Waals surface area contributed by atoms with Crippen LogP contribution in [-0.2, 0) is 11.3 Å². The van der Waals surface area contributed by atoms with Crippen molar-refractivity contribution in [3.8, 4) is 22.8 Å². The fourth-order valence-electron chi connectivity index (χ4n) is 4.15. The average molecular weight is 456 g/mol. The number of hydrogen-bond acceptors (Lipinski definition) is 5. The van der Waals surface area contributed by atoms with Crippen LogP contribution in [0.4, 0.5) is 0 Å². The third-order valence-electron chi connectivity index (χ3n) is 5.69. The van der Waals surface area contributed by atoms with Gasteiger partial charge in [0, 0.05) is 28.4 Å². The molecule has 0 aliphatic rings. The highest BCUT2D eigenvalue weighted by atomic mass is 16.5. The molecule has 2 aromatic heterocycles. The molecule has 1 N–H and O–H groups in total. The van der Waals surface area contributed by atoms with E-state index < -0.39 is 5.97 Å². The van der Waals surface area contributed by atoms with E-state index in [9.17, 15) is 9.90 Å². The molecule has 0 amide bonds. The summed E-state index contributed by atoms with van der Waals surface area (Å²) in [5, 5.41) is 15.2. The Morgan fingerprint density at radius 1 is 0.882 bits per heavy atom. The summed E-state index contributed by atoms with van der Waals surface area (Å²) in [6.45, 7) is 0.999. The molecule has 7 nitrogen and oxygen atoms in total. The van der Waals surface area contributed by atoms with E-state index in [4.69, 9.17) is 14.0 Å². The average Bonchev–Trinajstić information content (AvgIpc) is 3.49. The van der Waals surface area contributed by atoms with Crippen molar-refractivity contribution >= 4 is 27.8 Å². The molecule has 0 saturated carbocycles. The number of carboxylic acids is 1. The summed E-state index contributed by atoms with van der Waals surface area (Å²) < 4.78 is 19.0. The largest absolute Gasteiger partial charge is 0.494 e. The highest BCUT2D eigenvalue weighted by molar-refractivity contribution is 6.08. The zero-order chi connectivity index (χ0) is 23.3. The lowest BCUT2D eigenvalue weighted by Crippen LogP contribution is -2.08. The van der Waals surface area contributed by atoms with Gasteiger partial charge in [0.2, 0.25) is 0 Å². The van der Waals surface area contributed by atoms with E-state index in [2.05, 4.69) is 5.16 Å². The van der Waals surface area contributed by atoms with Crippen LogP contribution < -0.4 is 9.47 Å². The summed E-state index contributed by atoms with van der Waals surface area (Å²) >= 11 is 0. The molecule has 0 fully saturated rings. The second-order valence-corrected chi connectivity index (χ2v) is 7.95. The monoisotopic (exact) mass is 456 g/mol. The quantitative estimate of drug-likeness (QED) is 0.268. The second-order valence-electron chi connectivity index (χ2n) is 7.95. The van der Waals surface area contributed by atoms with Crippen LogP contribution in [0, 0.1) is 0 Å².